The maximum atomic E-state index is 12.8. The van der Waals surface area contributed by atoms with Crippen LogP contribution in [-0.2, 0) is 22.7 Å². The number of carbonyl (C=O) groups excluding carboxylic acids is 3. The van der Waals surface area contributed by atoms with Gasteiger partial charge in [0.15, 0.2) is 0 Å². The molecule has 1 unspecified atom stereocenters. The largest absolute Gasteiger partial charge is 0.330 e. The fourth-order valence-corrected chi connectivity index (χ4v) is 3.45. The lowest BCUT2D eigenvalue weighted by atomic mass is 10.0. The van der Waals surface area contributed by atoms with E-state index in [4.69, 9.17) is 5.73 Å². The Labute approximate surface area is 147 Å². The number of piperidine rings is 1. The molecule has 3 N–H and O–H groups in total. The molecule has 134 valence electrons. The van der Waals surface area contributed by atoms with Crippen molar-refractivity contribution in [3.05, 3.63) is 34.9 Å². The molecule has 7 nitrogen and oxygen atoms in total. The van der Waals surface area contributed by atoms with Gasteiger partial charge in [0, 0.05) is 25.1 Å². The quantitative estimate of drug-likeness (QED) is 0.720. The van der Waals surface area contributed by atoms with E-state index in [1.54, 1.807) is 4.90 Å². The molecule has 0 spiro atoms. The van der Waals surface area contributed by atoms with E-state index in [2.05, 4.69) is 10.2 Å². The average molecular weight is 344 g/mol. The zero-order valence-electron chi connectivity index (χ0n) is 14.5. The lowest BCUT2D eigenvalue weighted by Gasteiger charge is -2.29. The van der Waals surface area contributed by atoms with Crippen LogP contribution in [0.1, 0.15) is 40.7 Å². The van der Waals surface area contributed by atoms with E-state index < -0.39 is 6.04 Å². The molecule has 2 heterocycles. The van der Waals surface area contributed by atoms with Crippen molar-refractivity contribution in [1.82, 2.24) is 15.1 Å². The number of nitrogens with zero attached hydrogens (tertiary/aromatic N) is 2. The standard InChI is InChI=1S/C18H24N4O3/c1-21(8-2-7-19)10-12-3-4-13-11-22(18(25)14(13)9-12)15-5-6-16(23)20-17(15)24/h3-4,9,15H,2,5-8,10-11,19H2,1H3,(H,20,23,24). The van der Waals surface area contributed by atoms with Crippen molar-refractivity contribution >= 4 is 17.7 Å². The molecule has 0 aliphatic carbocycles. The number of rotatable bonds is 6. The smallest absolute Gasteiger partial charge is 0.255 e. The van der Waals surface area contributed by atoms with Crippen molar-refractivity contribution < 1.29 is 14.4 Å². The molecule has 2 aliphatic heterocycles. The summed E-state index contributed by atoms with van der Waals surface area (Å²) in [5.41, 5.74) is 8.20. The Bertz CT molecular complexity index is 704. The molecule has 1 aromatic carbocycles. The highest BCUT2D eigenvalue weighted by molar-refractivity contribution is 6.05. The molecule has 7 heteroatoms. The molecule has 0 bridgehead atoms. The number of nitrogens with one attached hydrogen (secondary N) is 1. The van der Waals surface area contributed by atoms with E-state index in [1.165, 1.54) is 0 Å². The lowest BCUT2D eigenvalue weighted by molar-refractivity contribution is -0.136. The summed E-state index contributed by atoms with van der Waals surface area (Å²) in [6, 6.07) is 5.35. The van der Waals surface area contributed by atoms with Gasteiger partial charge in [-0.1, -0.05) is 12.1 Å². The van der Waals surface area contributed by atoms with Crippen LogP contribution in [0, 0.1) is 0 Å². The Morgan fingerprint density at radius 1 is 1.32 bits per heavy atom. The van der Waals surface area contributed by atoms with E-state index in [1.807, 2.05) is 25.2 Å². The molecule has 0 radical (unpaired) electrons. The molecule has 0 aromatic heterocycles. The number of amides is 3. The summed E-state index contributed by atoms with van der Waals surface area (Å²) in [6.45, 7) is 2.74. The van der Waals surface area contributed by atoms with E-state index in [0.717, 1.165) is 30.6 Å². The second kappa shape index (κ2) is 7.33. The Morgan fingerprint density at radius 2 is 2.12 bits per heavy atom. The number of hydrogen-bond acceptors (Lipinski definition) is 5. The molecule has 1 fully saturated rings. The molecule has 3 rings (SSSR count). The normalized spacial score (nSPS) is 20.2. The molecule has 2 aliphatic rings. The van der Waals surface area contributed by atoms with Crippen LogP contribution in [0.5, 0.6) is 0 Å². The summed E-state index contributed by atoms with van der Waals surface area (Å²) in [5, 5.41) is 2.32. The topological polar surface area (TPSA) is 95.7 Å². The summed E-state index contributed by atoms with van der Waals surface area (Å²) < 4.78 is 0. The molecule has 25 heavy (non-hydrogen) atoms. The third-order valence-electron chi connectivity index (χ3n) is 4.79. The monoisotopic (exact) mass is 344 g/mol. The number of fused-ring (bicyclic) bond motifs is 1. The van der Waals surface area contributed by atoms with Crippen LogP contribution in [0.25, 0.3) is 0 Å². The van der Waals surface area contributed by atoms with Crippen LogP contribution in [0.2, 0.25) is 0 Å². The van der Waals surface area contributed by atoms with Gasteiger partial charge in [-0.2, -0.15) is 0 Å². The van der Waals surface area contributed by atoms with Gasteiger partial charge in [-0.05, 0) is 50.2 Å². The number of hydrogen-bond donors (Lipinski definition) is 2. The fourth-order valence-electron chi connectivity index (χ4n) is 3.45. The van der Waals surface area contributed by atoms with Gasteiger partial charge < -0.3 is 15.5 Å². The van der Waals surface area contributed by atoms with E-state index in [9.17, 15) is 14.4 Å². The highest BCUT2D eigenvalue weighted by Gasteiger charge is 2.39. The van der Waals surface area contributed by atoms with Crippen molar-refractivity contribution in [2.24, 2.45) is 5.73 Å². The number of imide groups is 1. The number of carbonyl (C=O) groups is 3. The van der Waals surface area contributed by atoms with Gasteiger partial charge in [0.25, 0.3) is 5.91 Å². The predicted octanol–water partition coefficient (Wildman–Crippen LogP) is 0.228. The maximum absolute atomic E-state index is 12.8. The highest BCUT2D eigenvalue weighted by atomic mass is 16.2. The second-order valence-corrected chi connectivity index (χ2v) is 6.77. The fraction of sp³-hybridized carbons (Fsp3) is 0.500. The van der Waals surface area contributed by atoms with Crippen molar-refractivity contribution in [3.8, 4) is 0 Å². The molecule has 1 atom stereocenters. The summed E-state index contributed by atoms with van der Waals surface area (Å²) in [5.74, 6) is -0.775. The third-order valence-corrected chi connectivity index (χ3v) is 4.79. The predicted molar refractivity (Wildman–Crippen MR) is 92.5 cm³/mol. The van der Waals surface area contributed by atoms with E-state index >= 15 is 0 Å². The van der Waals surface area contributed by atoms with Gasteiger partial charge in [-0.25, -0.2) is 0 Å². The van der Waals surface area contributed by atoms with Crippen molar-refractivity contribution in [1.29, 1.82) is 0 Å². The van der Waals surface area contributed by atoms with E-state index in [0.29, 0.717) is 25.1 Å². The summed E-state index contributed by atoms with van der Waals surface area (Å²) >= 11 is 0. The van der Waals surface area contributed by atoms with Gasteiger partial charge in [0.05, 0.1) is 0 Å². The summed E-state index contributed by atoms with van der Waals surface area (Å²) in [4.78, 5) is 39.9. The highest BCUT2D eigenvalue weighted by Crippen LogP contribution is 2.28. The minimum atomic E-state index is -0.562. The van der Waals surface area contributed by atoms with E-state index in [-0.39, 0.29) is 24.1 Å². The minimum absolute atomic E-state index is 0.129. The third kappa shape index (κ3) is 3.72. The SMILES string of the molecule is CN(CCCN)Cc1ccc2c(c1)C(=O)N(C1CCC(=O)NC1=O)C2. The van der Waals surface area contributed by atoms with Crippen LogP contribution >= 0.6 is 0 Å². The molecule has 3 amide bonds. The maximum Gasteiger partial charge on any atom is 0.255 e. The number of benzene rings is 1. The molecule has 1 saturated heterocycles. The molecular formula is C18H24N4O3. The molecule has 1 aromatic rings. The van der Waals surface area contributed by atoms with Crippen molar-refractivity contribution in [2.45, 2.75) is 38.4 Å². The van der Waals surface area contributed by atoms with Gasteiger partial charge in [-0.15, -0.1) is 0 Å². The van der Waals surface area contributed by atoms with Gasteiger partial charge in [0.1, 0.15) is 6.04 Å². The summed E-state index contributed by atoms with van der Waals surface area (Å²) in [6.07, 6.45) is 1.59. The summed E-state index contributed by atoms with van der Waals surface area (Å²) in [7, 11) is 2.03. The second-order valence-electron chi connectivity index (χ2n) is 6.77. The Hall–Kier alpha value is -2.25. The van der Waals surface area contributed by atoms with Gasteiger partial charge in [-0.3, -0.25) is 19.7 Å². The zero-order chi connectivity index (χ0) is 18.0. The Balaban J connectivity index is 1.71. The van der Waals surface area contributed by atoms with Crippen LogP contribution < -0.4 is 11.1 Å². The number of nitrogens with two attached hydrogens (primary N) is 1. The van der Waals surface area contributed by atoms with Crippen molar-refractivity contribution in [3.63, 3.8) is 0 Å². The average Bonchev–Trinajstić information content (AvgIpc) is 2.89. The first-order valence-corrected chi connectivity index (χ1v) is 8.64. The van der Waals surface area contributed by atoms with Crippen LogP contribution in [0.15, 0.2) is 18.2 Å². The van der Waals surface area contributed by atoms with Crippen LogP contribution in [-0.4, -0.2) is 53.7 Å². The minimum Gasteiger partial charge on any atom is -0.330 e. The lowest BCUT2D eigenvalue weighted by Crippen LogP contribution is -2.52. The molecular weight excluding hydrogens is 320 g/mol. The Morgan fingerprint density at radius 3 is 2.84 bits per heavy atom. The first kappa shape index (κ1) is 17.6. The first-order chi connectivity index (χ1) is 12.0. The molecule has 0 saturated carbocycles. The first-order valence-electron chi connectivity index (χ1n) is 8.64. The van der Waals surface area contributed by atoms with Gasteiger partial charge in [0.2, 0.25) is 11.8 Å². The van der Waals surface area contributed by atoms with Crippen LogP contribution in [0.3, 0.4) is 0 Å². The van der Waals surface area contributed by atoms with Crippen molar-refractivity contribution in [2.75, 3.05) is 20.1 Å². The Kier molecular flexibility index (Phi) is 5.15. The van der Waals surface area contributed by atoms with Gasteiger partial charge >= 0.3 is 0 Å². The zero-order valence-corrected chi connectivity index (χ0v) is 14.5. The van der Waals surface area contributed by atoms with Crippen LogP contribution in [0.4, 0.5) is 0 Å².